The van der Waals surface area contributed by atoms with Gasteiger partial charge < -0.3 is 16.0 Å². The third-order valence-electron chi connectivity index (χ3n) is 4.43. The zero-order valence-corrected chi connectivity index (χ0v) is 16.3. The number of carbonyl (C=O) groups excluding carboxylic acids is 3. The Morgan fingerprint density at radius 2 is 1.37 bits per heavy atom. The number of amides is 3. The first kappa shape index (κ1) is 20.2. The molecule has 142 valence electrons. The molecule has 3 N–H and O–H groups in total. The zero-order chi connectivity index (χ0) is 20.2. The minimum Gasteiger partial charge on any atom is -0.326 e. The number of benzene rings is 2. The van der Waals surface area contributed by atoms with Crippen LogP contribution in [-0.2, 0) is 14.4 Å². The molecule has 6 nitrogen and oxygen atoms in total. The van der Waals surface area contributed by atoms with Gasteiger partial charge in [0.05, 0.1) is 0 Å². The Hall–Kier alpha value is -3.15. The number of hydrogen-bond acceptors (Lipinski definition) is 3. The van der Waals surface area contributed by atoms with Crippen LogP contribution < -0.4 is 16.0 Å². The van der Waals surface area contributed by atoms with Crippen LogP contribution in [0.4, 0.5) is 17.1 Å². The Labute approximate surface area is 159 Å². The molecule has 0 unspecified atom stereocenters. The van der Waals surface area contributed by atoms with Crippen LogP contribution in [-0.4, -0.2) is 17.7 Å². The van der Waals surface area contributed by atoms with Crippen molar-refractivity contribution in [3.63, 3.8) is 0 Å². The minimum atomic E-state index is -1.29. The molecule has 0 aliphatic heterocycles. The average Bonchev–Trinajstić information content (AvgIpc) is 2.58. The monoisotopic (exact) mass is 367 g/mol. The summed E-state index contributed by atoms with van der Waals surface area (Å²) in [6.45, 7) is 8.43. The highest BCUT2D eigenvalue weighted by atomic mass is 16.2. The molecule has 0 heterocycles. The lowest BCUT2D eigenvalue weighted by molar-refractivity contribution is -0.135. The molecule has 0 aromatic heterocycles. The van der Waals surface area contributed by atoms with Crippen molar-refractivity contribution in [1.82, 2.24) is 0 Å². The summed E-state index contributed by atoms with van der Waals surface area (Å²) in [5, 5.41) is 8.23. The highest BCUT2D eigenvalue weighted by Crippen LogP contribution is 2.25. The molecule has 2 aromatic rings. The summed E-state index contributed by atoms with van der Waals surface area (Å²) in [6, 6.07) is 12.4. The lowest BCUT2D eigenvalue weighted by atomic mass is 9.90. The van der Waals surface area contributed by atoms with Gasteiger partial charge in [-0.2, -0.15) is 0 Å². The maximum absolute atomic E-state index is 12.7. The molecule has 27 heavy (non-hydrogen) atoms. The quantitative estimate of drug-likeness (QED) is 0.701. The highest BCUT2D eigenvalue weighted by molar-refractivity contribution is 6.14. The van der Waals surface area contributed by atoms with E-state index in [4.69, 9.17) is 0 Å². The van der Waals surface area contributed by atoms with Crippen LogP contribution in [0.15, 0.2) is 42.5 Å². The van der Waals surface area contributed by atoms with E-state index in [0.29, 0.717) is 17.1 Å². The van der Waals surface area contributed by atoms with E-state index >= 15 is 0 Å². The van der Waals surface area contributed by atoms with Gasteiger partial charge >= 0.3 is 0 Å². The Morgan fingerprint density at radius 3 is 2.00 bits per heavy atom. The molecule has 0 saturated carbocycles. The first-order valence-corrected chi connectivity index (χ1v) is 8.68. The second kappa shape index (κ2) is 8.03. The Morgan fingerprint density at radius 1 is 0.815 bits per heavy atom. The number of hydrogen-bond donors (Lipinski definition) is 3. The van der Waals surface area contributed by atoms with Crippen molar-refractivity contribution in [3.8, 4) is 0 Å². The first-order chi connectivity index (χ1) is 12.6. The fourth-order valence-corrected chi connectivity index (χ4v) is 2.43. The molecule has 2 aromatic carbocycles. The van der Waals surface area contributed by atoms with Gasteiger partial charge in [-0.1, -0.05) is 18.2 Å². The molecule has 0 radical (unpaired) electrons. The molecule has 0 aliphatic carbocycles. The maximum atomic E-state index is 12.7. The molecular formula is C21H25N3O3. The number of nitrogens with one attached hydrogen (secondary N) is 3. The van der Waals surface area contributed by atoms with E-state index in [1.165, 1.54) is 6.92 Å². The van der Waals surface area contributed by atoms with E-state index in [2.05, 4.69) is 16.0 Å². The van der Waals surface area contributed by atoms with Crippen molar-refractivity contribution in [2.24, 2.45) is 5.41 Å². The van der Waals surface area contributed by atoms with Crippen LogP contribution in [0, 0.1) is 19.3 Å². The molecule has 0 spiro atoms. The second-order valence-corrected chi connectivity index (χ2v) is 7.04. The maximum Gasteiger partial charge on any atom is 0.239 e. The molecule has 0 aliphatic rings. The standard InChI is InChI=1S/C21H25N3O3/c1-13-8-6-11-18(14(13)2)24-20(27)21(4,5)19(26)23-17-10-7-9-16(12-17)22-15(3)25/h6-12H,1-5H3,(H,22,25)(H,23,26)(H,24,27). The molecule has 0 fully saturated rings. The van der Waals surface area contributed by atoms with Crippen LogP contribution >= 0.6 is 0 Å². The smallest absolute Gasteiger partial charge is 0.239 e. The Kier molecular flexibility index (Phi) is 6.00. The van der Waals surface area contributed by atoms with Crippen LogP contribution in [0.2, 0.25) is 0 Å². The van der Waals surface area contributed by atoms with Gasteiger partial charge in [0.25, 0.3) is 0 Å². The number of aryl methyl sites for hydroxylation is 1. The summed E-state index contributed by atoms with van der Waals surface area (Å²) in [5.74, 6) is -1.04. The second-order valence-electron chi connectivity index (χ2n) is 7.04. The number of rotatable bonds is 5. The summed E-state index contributed by atoms with van der Waals surface area (Å²) in [5.41, 5.74) is 2.49. The fourth-order valence-electron chi connectivity index (χ4n) is 2.43. The predicted octanol–water partition coefficient (Wildman–Crippen LogP) is 3.87. The number of carbonyl (C=O) groups is 3. The first-order valence-electron chi connectivity index (χ1n) is 8.68. The summed E-state index contributed by atoms with van der Waals surface area (Å²) >= 11 is 0. The largest absolute Gasteiger partial charge is 0.326 e. The predicted molar refractivity (Wildman–Crippen MR) is 108 cm³/mol. The van der Waals surface area contributed by atoms with E-state index in [9.17, 15) is 14.4 Å². The van der Waals surface area contributed by atoms with E-state index in [1.807, 2.05) is 32.0 Å². The van der Waals surface area contributed by atoms with Gasteiger partial charge in [-0.15, -0.1) is 0 Å². The van der Waals surface area contributed by atoms with Crippen molar-refractivity contribution in [3.05, 3.63) is 53.6 Å². The summed E-state index contributed by atoms with van der Waals surface area (Å²) < 4.78 is 0. The van der Waals surface area contributed by atoms with Crippen molar-refractivity contribution < 1.29 is 14.4 Å². The van der Waals surface area contributed by atoms with E-state index < -0.39 is 17.2 Å². The Bertz CT molecular complexity index is 888. The highest BCUT2D eigenvalue weighted by Gasteiger charge is 2.36. The average molecular weight is 367 g/mol. The molecule has 0 bridgehead atoms. The van der Waals surface area contributed by atoms with Crippen LogP contribution in [0.5, 0.6) is 0 Å². The van der Waals surface area contributed by atoms with Gasteiger partial charge in [-0.25, -0.2) is 0 Å². The van der Waals surface area contributed by atoms with Crippen molar-refractivity contribution in [2.45, 2.75) is 34.6 Å². The van der Waals surface area contributed by atoms with Gasteiger partial charge in [0.15, 0.2) is 0 Å². The van der Waals surface area contributed by atoms with Crippen molar-refractivity contribution in [1.29, 1.82) is 0 Å². The third-order valence-corrected chi connectivity index (χ3v) is 4.43. The van der Waals surface area contributed by atoms with Gasteiger partial charge in [-0.3, -0.25) is 14.4 Å². The van der Waals surface area contributed by atoms with Gasteiger partial charge in [0.2, 0.25) is 17.7 Å². The van der Waals surface area contributed by atoms with Gasteiger partial charge in [0, 0.05) is 24.0 Å². The lowest BCUT2D eigenvalue weighted by Crippen LogP contribution is -2.41. The minimum absolute atomic E-state index is 0.202. The molecular weight excluding hydrogens is 342 g/mol. The molecule has 3 amide bonds. The third kappa shape index (κ3) is 4.94. The van der Waals surface area contributed by atoms with Crippen LogP contribution in [0.1, 0.15) is 31.9 Å². The van der Waals surface area contributed by atoms with Crippen molar-refractivity contribution >= 4 is 34.8 Å². The summed E-state index contributed by atoms with van der Waals surface area (Å²) in [6.07, 6.45) is 0. The topological polar surface area (TPSA) is 87.3 Å². The van der Waals surface area contributed by atoms with E-state index in [0.717, 1.165) is 11.1 Å². The van der Waals surface area contributed by atoms with Gasteiger partial charge in [-0.05, 0) is 63.1 Å². The SMILES string of the molecule is CC(=O)Nc1cccc(NC(=O)C(C)(C)C(=O)Nc2cccc(C)c2C)c1. The van der Waals surface area contributed by atoms with Crippen molar-refractivity contribution in [2.75, 3.05) is 16.0 Å². The molecule has 2 rings (SSSR count). The summed E-state index contributed by atoms with van der Waals surface area (Å²) in [7, 11) is 0. The van der Waals surface area contributed by atoms with Crippen LogP contribution in [0.3, 0.4) is 0 Å². The molecule has 0 saturated heterocycles. The summed E-state index contributed by atoms with van der Waals surface area (Å²) in [4.78, 5) is 36.6. The fraction of sp³-hybridized carbons (Fsp3) is 0.286. The van der Waals surface area contributed by atoms with Gasteiger partial charge in [0.1, 0.15) is 5.41 Å². The zero-order valence-electron chi connectivity index (χ0n) is 16.3. The lowest BCUT2D eigenvalue weighted by Gasteiger charge is -2.23. The number of anilines is 3. The van der Waals surface area contributed by atoms with Crippen LogP contribution in [0.25, 0.3) is 0 Å². The molecule has 0 atom stereocenters. The molecule has 6 heteroatoms. The Balaban J connectivity index is 2.13. The van der Waals surface area contributed by atoms with E-state index in [-0.39, 0.29) is 5.91 Å². The van der Waals surface area contributed by atoms with E-state index in [1.54, 1.807) is 38.1 Å². The normalized spacial score (nSPS) is 10.9.